The zero-order chi connectivity index (χ0) is 30.3. The Balaban J connectivity index is 1.26. The molecule has 0 radical (unpaired) electrons. The molecular weight excluding hydrogens is 563 g/mol. The second kappa shape index (κ2) is 11.4. The Labute approximate surface area is 246 Å². The quantitative estimate of drug-likeness (QED) is 0.286. The van der Waals surface area contributed by atoms with Gasteiger partial charge in [0.1, 0.15) is 34.7 Å². The number of nitrogens with zero attached hydrogens (tertiary/aromatic N) is 5. The molecule has 0 bridgehead atoms. The van der Waals surface area contributed by atoms with Crippen molar-refractivity contribution in [3.63, 3.8) is 0 Å². The van der Waals surface area contributed by atoms with Gasteiger partial charge in [-0.1, -0.05) is 18.2 Å². The topological polar surface area (TPSA) is 81.4 Å². The van der Waals surface area contributed by atoms with Crippen molar-refractivity contribution in [2.45, 2.75) is 45.5 Å². The average molecular weight is 596 g/mol. The van der Waals surface area contributed by atoms with Gasteiger partial charge in [0.05, 0.1) is 18.0 Å². The molecule has 226 valence electrons. The van der Waals surface area contributed by atoms with E-state index in [1.807, 2.05) is 26.8 Å². The fourth-order valence-electron chi connectivity index (χ4n) is 5.47. The van der Waals surface area contributed by atoms with Gasteiger partial charge >= 0.3 is 12.7 Å². The smallest absolute Gasteiger partial charge is 0.410 e. The SMILES string of the molecule is CC(C)(C)OC(=O)N1CCN(c2ccc(-c3cn4c5c(nc4cc3F)CCO[C@@H]5c3ccccc3OC(F)F)cn2)CC1. The summed E-state index contributed by atoms with van der Waals surface area (Å²) in [5, 5.41) is 0. The van der Waals surface area contributed by atoms with E-state index in [1.165, 1.54) is 12.1 Å². The van der Waals surface area contributed by atoms with Crippen molar-refractivity contribution in [1.82, 2.24) is 19.3 Å². The normalized spacial score (nSPS) is 17.3. The van der Waals surface area contributed by atoms with E-state index in [9.17, 15) is 13.6 Å². The van der Waals surface area contributed by atoms with Crippen LogP contribution >= 0.6 is 0 Å². The summed E-state index contributed by atoms with van der Waals surface area (Å²) in [6.07, 6.45) is 2.70. The third kappa shape index (κ3) is 5.96. The highest BCUT2D eigenvalue weighted by Crippen LogP contribution is 2.39. The maximum absolute atomic E-state index is 15.4. The molecule has 0 aliphatic carbocycles. The third-order valence-corrected chi connectivity index (χ3v) is 7.43. The Bertz CT molecular complexity index is 1630. The predicted octanol–water partition coefficient (Wildman–Crippen LogP) is 5.86. The predicted molar refractivity (Wildman–Crippen MR) is 153 cm³/mol. The summed E-state index contributed by atoms with van der Waals surface area (Å²) in [5.41, 5.74) is 2.49. The molecule has 0 saturated carbocycles. The van der Waals surface area contributed by atoms with Gasteiger partial charge in [0.25, 0.3) is 0 Å². The van der Waals surface area contributed by atoms with Gasteiger partial charge in [-0.25, -0.2) is 19.2 Å². The molecule has 4 aromatic rings. The van der Waals surface area contributed by atoms with Crippen LogP contribution < -0.4 is 9.64 Å². The zero-order valence-electron chi connectivity index (χ0n) is 24.1. The van der Waals surface area contributed by atoms with Gasteiger partial charge in [0, 0.05) is 67.8 Å². The Morgan fingerprint density at radius 1 is 1.09 bits per heavy atom. The Morgan fingerprint density at radius 2 is 1.86 bits per heavy atom. The molecule has 6 rings (SSSR count). The average Bonchev–Trinajstić information content (AvgIpc) is 3.33. The first kappa shape index (κ1) is 28.8. The van der Waals surface area contributed by atoms with E-state index in [1.54, 1.807) is 46.0 Å². The van der Waals surface area contributed by atoms with Gasteiger partial charge in [0.2, 0.25) is 0 Å². The number of alkyl halides is 2. The van der Waals surface area contributed by atoms with Crippen LogP contribution in [-0.2, 0) is 15.9 Å². The third-order valence-electron chi connectivity index (χ3n) is 7.43. The molecular formula is C31H32F3N5O4. The summed E-state index contributed by atoms with van der Waals surface area (Å²) in [5.74, 6) is 0.270. The maximum Gasteiger partial charge on any atom is 0.410 e. The number of fused-ring (bicyclic) bond motifs is 3. The van der Waals surface area contributed by atoms with Gasteiger partial charge < -0.3 is 24.0 Å². The van der Waals surface area contributed by atoms with Crippen LogP contribution in [0.3, 0.4) is 0 Å². The van der Waals surface area contributed by atoms with Crippen LogP contribution in [0.2, 0.25) is 0 Å². The van der Waals surface area contributed by atoms with E-state index in [4.69, 9.17) is 14.2 Å². The minimum Gasteiger partial charge on any atom is -0.444 e. The largest absolute Gasteiger partial charge is 0.444 e. The number of ether oxygens (including phenoxy) is 3. The molecule has 1 atom stereocenters. The number of benzene rings is 1. The van der Waals surface area contributed by atoms with E-state index in [2.05, 4.69) is 14.9 Å². The van der Waals surface area contributed by atoms with Crippen molar-refractivity contribution < 1.29 is 32.2 Å². The lowest BCUT2D eigenvalue weighted by Crippen LogP contribution is -2.50. The summed E-state index contributed by atoms with van der Waals surface area (Å²) < 4.78 is 59.7. The Morgan fingerprint density at radius 3 is 2.56 bits per heavy atom. The Kier molecular flexibility index (Phi) is 7.63. The molecule has 1 fully saturated rings. The van der Waals surface area contributed by atoms with Gasteiger partial charge in [-0.2, -0.15) is 8.78 Å². The number of carbonyl (C=O) groups is 1. The fraction of sp³-hybridized carbons (Fsp3) is 0.387. The molecule has 1 aromatic carbocycles. The number of halogens is 3. The van der Waals surface area contributed by atoms with E-state index < -0.39 is 24.1 Å². The van der Waals surface area contributed by atoms with Crippen molar-refractivity contribution in [3.05, 3.63) is 77.6 Å². The van der Waals surface area contributed by atoms with Crippen molar-refractivity contribution in [3.8, 4) is 16.9 Å². The summed E-state index contributed by atoms with van der Waals surface area (Å²) in [6.45, 7) is 5.04. The van der Waals surface area contributed by atoms with E-state index in [0.717, 1.165) is 5.82 Å². The van der Waals surface area contributed by atoms with E-state index in [0.29, 0.717) is 72.9 Å². The maximum atomic E-state index is 15.4. The zero-order valence-corrected chi connectivity index (χ0v) is 24.1. The fourth-order valence-corrected chi connectivity index (χ4v) is 5.47. The lowest BCUT2D eigenvalue weighted by molar-refractivity contribution is -0.0522. The number of piperazine rings is 1. The van der Waals surface area contributed by atoms with Gasteiger partial charge in [-0.05, 0) is 39.0 Å². The minimum absolute atomic E-state index is 0.0133. The lowest BCUT2D eigenvalue weighted by atomic mass is 10.0. The van der Waals surface area contributed by atoms with Gasteiger partial charge in [-0.15, -0.1) is 0 Å². The van der Waals surface area contributed by atoms with Crippen LogP contribution in [0.4, 0.5) is 23.8 Å². The van der Waals surface area contributed by atoms with Crippen molar-refractivity contribution in [2.75, 3.05) is 37.7 Å². The van der Waals surface area contributed by atoms with Gasteiger partial charge in [0.15, 0.2) is 0 Å². The molecule has 0 unspecified atom stereocenters. The minimum atomic E-state index is -2.99. The van der Waals surface area contributed by atoms with Crippen LogP contribution in [0, 0.1) is 5.82 Å². The second-order valence-electron chi connectivity index (χ2n) is 11.5. The van der Waals surface area contributed by atoms with Crippen molar-refractivity contribution in [2.24, 2.45) is 0 Å². The molecule has 2 aliphatic rings. The van der Waals surface area contributed by atoms with Crippen molar-refractivity contribution >= 4 is 17.6 Å². The van der Waals surface area contributed by atoms with Gasteiger partial charge in [-0.3, -0.25) is 4.40 Å². The number of pyridine rings is 2. The molecule has 0 spiro atoms. The molecule has 5 heterocycles. The van der Waals surface area contributed by atoms with Crippen LogP contribution in [0.15, 0.2) is 54.9 Å². The number of aromatic nitrogens is 3. The number of para-hydroxylation sites is 1. The monoisotopic (exact) mass is 595 g/mol. The Hall–Kier alpha value is -4.32. The number of carbonyl (C=O) groups excluding carboxylic acids is 1. The molecule has 3 aromatic heterocycles. The molecule has 1 amide bonds. The highest BCUT2D eigenvalue weighted by atomic mass is 19.3. The van der Waals surface area contributed by atoms with Crippen molar-refractivity contribution in [1.29, 1.82) is 0 Å². The van der Waals surface area contributed by atoms with Crippen LogP contribution in [0.25, 0.3) is 16.8 Å². The number of imidazole rings is 1. The summed E-state index contributed by atoms with van der Waals surface area (Å²) in [6, 6.07) is 11.5. The highest BCUT2D eigenvalue weighted by Gasteiger charge is 2.31. The number of amides is 1. The molecule has 43 heavy (non-hydrogen) atoms. The molecule has 2 aliphatic heterocycles. The summed E-state index contributed by atoms with van der Waals surface area (Å²) in [4.78, 5) is 25.4. The molecule has 9 nitrogen and oxygen atoms in total. The number of hydrogen-bond acceptors (Lipinski definition) is 7. The number of anilines is 1. The van der Waals surface area contributed by atoms with E-state index in [-0.39, 0.29) is 11.8 Å². The number of rotatable bonds is 5. The standard InChI is InChI=1S/C31H32F3N5O4/c1-31(2,3)43-30(40)38-13-11-37(12-14-38)25-9-8-19(17-35-25)21-18-39-26(16-22(21)32)36-23-10-15-41-28(27(23)39)20-6-4-5-7-24(20)42-29(33)34/h4-9,16-18,28-29H,10-15H2,1-3H3/t28-/m1/s1. The first-order valence-electron chi connectivity index (χ1n) is 14.1. The summed E-state index contributed by atoms with van der Waals surface area (Å²) >= 11 is 0. The number of hydrogen-bond donors (Lipinski definition) is 0. The van der Waals surface area contributed by atoms with Crippen LogP contribution in [-0.4, -0.2) is 70.4 Å². The molecule has 1 saturated heterocycles. The molecule has 0 N–H and O–H groups in total. The second-order valence-corrected chi connectivity index (χ2v) is 11.5. The van der Waals surface area contributed by atoms with Crippen LogP contribution in [0.5, 0.6) is 5.75 Å². The summed E-state index contributed by atoms with van der Waals surface area (Å²) in [7, 11) is 0. The highest BCUT2D eigenvalue weighted by molar-refractivity contribution is 5.69. The molecule has 12 heteroatoms. The van der Waals surface area contributed by atoms with E-state index >= 15 is 4.39 Å². The first-order valence-corrected chi connectivity index (χ1v) is 14.1. The van der Waals surface area contributed by atoms with Crippen LogP contribution in [0.1, 0.15) is 43.8 Å². The first-order chi connectivity index (χ1) is 20.6. The lowest BCUT2D eigenvalue weighted by Gasteiger charge is -2.36.